The molecule has 11 nitrogen and oxygen atoms in total. The van der Waals surface area contributed by atoms with Crippen LogP contribution in [0.2, 0.25) is 0 Å². The van der Waals surface area contributed by atoms with E-state index in [9.17, 15) is 8.42 Å². The molecule has 1 aliphatic rings. The number of pyridine rings is 2. The van der Waals surface area contributed by atoms with Gasteiger partial charge in [-0.1, -0.05) is 6.07 Å². The molecule has 178 valence electrons. The zero-order chi connectivity index (χ0) is 24.2. The number of aromatic amines is 2. The number of rotatable bonds is 4. The normalized spacial score (nSPS) is 15.3. The van der Waals surface area contributed by atoms with Crippen molar-refractivity contribution < 1.29 is 8.42 Å². The number of hydrogen-bond donors (Lipinski definition) is 3. The second-order valence-electron chi connectivity index (χ2n) is 8.58. The minimum atomic E-state index is -3.19. The van der Waals surface area contributed by atoms with Gasteiger partial charge in [-0.25, -0.2) is 18.4 Å². The van der Waals surface area contributed by atoms with Crippen molar-refractivity contribution in [2.45, 2.75) is 0 Å². The number of anilines is 2. The van der Waals surface area contributed by atoms with Crippen LogP contribution in [-0.4, -0.2) is 75.3 Å². The Balaban J connectivity index is 1.38. The lowest BCUT2D eigenvalue weighted by Gasteiger charge is -2.34. The van der Waals surface area contributed by atoms with Crippen LogP contribution in [0, 0.1) is 0 Å². The lowest BCUT2D eigenvalue weighted by Crippen LogP contribution is -2.48. The van der Waals surface area contributed by atoms with Crippen molar-refractivity contribution in [2.24, 2.45) is 0 Å². The van der Waals surface area contributed by atoms with Gasteiger partial charge in [-0.05, 0) is 30.3 Å². The number of nitrogen functional groups attached to an aromatic ring is 1. The average molecular weight is 490 g/mol. The van der Waals surface area contributed by atoms with Gasteiger partial charge in [0, 0.05) is 44.1 Å². The molecule has 0 spiro atoms. The second kappa shape index (κ2) is 8.03. The molecule has 0 aliphatic carbocycles. The summed E-state index contributed by atoms with van der Waals surface area (Å²) in [6, 6.07) is 11.6. The molecule has 0 atom stereocenters. The minimum Gasteiger partial charge on any atom is -0.397 e. The Kier molecular flexibility index (Phi) is 4.93. The summed E-state index contributed by atoms with van der Waals surface area (Å²) in [6.07, 6.45) is 4.57. The Morgan fingerprint density at radius 2 is 1.80 bits per heavy atom. The van der Waals surface area contributed by atoms with Crippen molar-refractivity contribution >= 4 is 43.5 Å². The molecule has 1 aromatic carbocycles. The number of para-hydroxylation sites is 1. The van der Waals surface area contributed by atoms with Gasteiger partial charge in [-0.15, -0.1) is 0 Å². The molecule has 0 bridgehead atoms. The van der Waals surface area contributed by atoms with Crippen LogP contribution in [0.3, 0.4) is 0 Å². The Labute approximate surface area is 201 Å². The summed E-state index contributed by atoms with van der Waals surface area (Å²) in [5, 5.41) is 7.52. The first kappa shape index (κ1) is 21.5. The summed E-state index contributed by atoms with van der Waals surface area (Å²) in [5.74, 6) is 0.601. The van der Waals surface area contributed by atoms with Gasteiger partial charge in [0.05, 0.1) is 34.4 Å². The fourth-order valence-corrected chi connectivity index (χ4v) is 5.29. The van der Waals surface area contributed by atoms with Gasteiger partial charge in [0.1, 0.15) is 11.0 Å². The highest BCUT2D eigenvalue weighted by Crippen LogP contribution is 2.31. The van der Waals surface area contributed by atoms with Crippen LogP contribution in [0.25, 0.3) is 44.8 Å². The molecule has 6 rings (SSSR count). The maximum atomic E-state index is 11.9. The number of aromatic nitrogens is 6. The lowest BCUT2D eigenvalue weighted by atomic mass is 10.1. The highest BCUT2D eigenvalue weighted by atomic mass is 32.2. The van der Waals surface area contributed by atoms with Crippen LogP contribution in [0.15, 0.2) is 48.8 Å². The SMILES string of the molecule is CS(=O)(=O)N1CCN(c2cccc3[nH]c(-c4n[nH]c5ccc(-c6cncc(N)c6)nc45)nc23)CC1. The van der Waals surface area contributed by atoms with Gasteiger partial charge >= 0.3 is 0 Å². The van der Waals surface area contributed by atoms with Crippen LogP contribution in [0.4, 0.5) is 11.4 Å². The Morgan fingerprint density at radius 1 is 0.971 bits per heavy atom. The fourth-order valence-electron chi connectivity index (χ4n) is 4.47. The number of nitrogens with zero attached hydrogens (tertiary/aromatic N) is 6. The Morgan fingerprint density at radius 3 is 2.57 bits per heavy atom. The molecule has 12 heteroatoms. The molecule has 5 aromatic rings. The van der Waals surface area contributed by atoms with Crippen molar-refractivity contribution in [1.29, 1.82) is 0 Å². The quantitative estimate of drug-likeness (QED) is 0.348. The van der Waals surface area contributed by atoms with Crippen molar-refractivity contribution in [2.75, 3.05) is 43.1 Å². The molecule has 5 heterocycles. The molecule has 0 unspecified atom stereocenters. The largest absolute Gasteiger partial charge is 0.397 e. The highest BCUT2D eigenvalue weighted by Gasteiger charge is 2.25. The number of benzene rings is 1. The van der Waals surface area contributed by atoms with E-state index in [1.54, 1.807) is 12.4 Å². The van der Waals surface area contributed by atoms with Gasteiger partial charge in [0.2, 0.25) is 10.0 Å². The first-order valence-corrected chi connectivity index (χ1v) is 13.0. The number of piperazine rings is 1. The number of nitrogens with one attached hydrogen (secondary N) is 2. The van der Waals surface area contributed by atoms with Crippen LogP contribution in [0.5, 0.6) is 0 Å². The standard InChI is InChI=1S/C23H23N9O2S/c1-35(33,34)32-9-7-31(8-10-32)19-4-2-3-17-20(19)28-23(27-17)22-21-18(29-30-22)6-5-16(26-21)14-11-15(24)13-25-12-14/h2-6,11-13H,7-10,24H2,1H3,(H,27,28)(H,29,30). The first-order valence-electron chi connectivity index (χ1n) is 11.1. The van der Waals surface area contributed by atoms with Crippen molar-refractivity contribution in [3.05, 3.63) is 48.8 Å². The number of fused-ring (bicyclic) bond motifs is 2. The molecule has 1 aliphatic heterocycles. The van der Waals surface area contributed by atoms with Crippen molar-refractivity contribution in [3.63, 3.8) is 0 Å². The van der Waals surface area contributed by atoms with E-state index in [4.69, 9.17) is 15.7 Å². The third-order valence-corrected chi connectivity index (χ3v) is 7.53. The molecule has 1 saturated heterocycles. The lowest BCUT2D eigenvalue weighted by molar-refractivity contribution is 0.388. The Bertz CT molecular complexity index is 1670. The molecule has 4 aromatic heterocycles. The summed E-state index contributed by atoms with van der Waals surface area (Å²) < 4.78 is 25.3. The maximum Gasteiger partial charge on any atom is 0.211 e. The van der Waals surface area contributed by atoms with Crippen LogP contribution < -0.4 is 10.6 Å². The minimum absolute atomic E-state index is 0.446. The van der Waals surface area contributed by atoms with Gasteiger partial charge in [-0.2, -0.15) is 9.40 Å². The number of imidazole rings is 1. The van der Waals surface area contributed by atoms with Crippen molar-refractivity contribution in [1.82, 2.24) is 34.4 Å². The predicted molar refractivity (Wildman–Crippen MR) is 135 cm³/mol. The number of hydrogen-bond acceptors (Lipinski definition) is 8. The van der Waals surface area contributed by atoms with Gasteiger partial charge in [0.25, 0.3) is 0 Å². The second-order valence-corrected chi connectivity index (χ2v) is 10.6. The van der Waals surface area contributed by atoms with E-state index in [0.717, 1.165) is 33.5 Å². The monoisotopic (exact) mass is 489 g/mol. The van der Waals surface area contributed by atoms with E-state index >= 15 is 0 Å². The zero-order valence-corrected chi connectivity index (χ0v) is 19.7. The topological polar surface area (TPSA) is 150 Å². The van der Waals surface area contributed by atoms with E-state index in [1.807, 2.05) is 36.4 Å². The molecule has 0 radical (unpaired) electrons. The molecule has 0 saturated carbocycles. The van der Waals surface area contributed by atoms with Gasteiger partial charge in [-0.3, -0.25) is 10.1 Å². The molecule has 1 fully saturated rings. The molecular weight excluding hydrogens is 466 g/mol. The third-order valence-electron chi connectivity index (χ3n) is 6.23. The third kappa shape index (κ3) is 3.86. The smallest absolute Gasteiger partial charge is 0.211 e. The van der Waals surface area contributed by atoms with E-state index in [-0.39, 0.29) is 0 Å². The van der Waals surface area contributed by atoms with Crippen molar-refractivity contribution in [3.8, 4) is 22.8 Å². The molecule has 0 amide bonds. The van der Waals surface area contributed by atoms with E-state index < -0.39 is 10.0 Å². The summed E-state index contributed by atoms with van der Waals surface area (Å²) in [5.41, 5.74) is 12.7. The van der Waals surface area contributed by atoms with Crippen LogP contribution >= 0.6 is 0 Å². The number of nitrogens with two attached hydrogens (primary N) is 1. The van der Waals surface area contributed by atoms with Crippen LogP contribution in [0.1, 0.15) is 0 Å². The number of H-pyrrole nitrogens is 2. The maximum absolute atomic E-state index is 11.9. The summed E-state index contributed by atoms with van der Waals surface area (Å²) in [7, 11) is -3.19. The van der Waals surface area contributed by atoms with E-state index in [1.165, 1.54) is 10.6 Å². The summed E-state index contributed by atoms with van der Waals surface area (Å²) in [6.45, 7) is 2.09. The highest BCUT2D eigenvalue weighted by molar-refractivity contribution is 7.88. The van der Waals surface area contributed by atoms with E-state index in [0.29, 0.717) is 48.9 Å². The first-order chi connectivity index (χ1) is 16.9. The summed E-state index contributed by atoms with van der Waals surface area (Å²) >= 11 is 0. The zero-order valence-electron chi connectivity index (χ0n) is 18.9. The number of sulfonamides is 1. The molecular formula is C23H23N9O2S. The molecule has 35 heavy (non-hydrogen) atoms. The van der Waals surface area contributed by atoms with Gasteiger partial charge < -0.3 is 15.6 Å². The summed E-state index contributed by atoms with van der Waals surface area (Å²) in [4.78, 5) is 19.4. The fraction of sp³-hybridized carbons (Fsp3) is 0.217. The molecule has 4 N–H and O–H groups in total. The average Bonchev–Trinajstić information content (AvgIpc) is 3.47. The Hall–Kier alpha value is -4.03. The van der Waals surface area contributed by atoms with Gasteiger partial charge in [0.15, 0.2) is 11.5 Å². The predicted octanol–water partition coefficient (Wildman–Crippen LogP) is 2.23. The van der Waals surface area contributed by atoms with E-state index in [2.05, 4.69) is 25.1 Å². The van der Waals surface area contributed by atoms with Crippen LogP contribution in [-0.2, 0) is 10.0 Å².